The van der Waals surface area contributed by atoms with Crippen LogP contribution in [0.1, 0.15) is 30.8 Å². The average molecular weight is 342 g/mol. The molecule has 1 aromatic carbocycles. The van der Waals surface area contributed by atoms with E-state index in [9.17, 15) is 4.79 Å². The molecule has 0 saturated carbocycles. The van der Waals surface area contributed by atoms with Gasteiger partial charge in [0.15, 0.2) is 0 Å². The van der Waals surface area contributed by atoms with Crippen molar-refractivity contribution in [1.29, 1.82) is 0 Å². The van der Waals surface area contributed by atoms with E-state index in [1.54, 1.807) is 0 Å². The van der Waals surface area contributed by atoms with E-state index in [0.29, 0.717) is 19.6 Å². The lowest BCUT2D eigenvalue weighted by Crippen LogP contribution is -2.51. The lowest BCUT2D eigenvalue weighted by molar-refractivity contribution is -0.0545. The van der Waals surface area contributed by atoms with Crippen molar-refractivity contribution in [2.24, 2.45) is 0 Å². The Morgan fingerprint density at radius 3 is 2.48 bits per heavy atom. The summed E-state index contributed by atoms with van der Waals surface area (Å²) in [5.41, 5.74) is 4.07. The molecule has 2 heterocycles. The summed E-state index contributed by atoms with van der Waals surface area (Å²) in [6.45, 7) is 9.72. The highest BCUT2D eigenvalue weighted by atomic mass is 16.5. The molecule has 1 fully saturated rings. The van der Waals surface area contributed by atoms with Gasteiger partial charge in [0.2, 0.25) is 0 Å². The predicted octanol–water partition coefficient (Wildman–Crippen LogP) is 2.81. The summed E-state index contributed by atoms with van der Waals surface area (Å²) in [4.78, 5) is 14.3. The third-order valence-electron chi connectivity index (χ3n) is 4.57. The lowest BCUT2D eigenvalue weighted by atomic mass is 10.2. The van der Waals surface area contributed by atoms with E-state index in [2.05, 4.69) is 10.4 Å². The number of carbonyl (C=O) groups excluding carboxylic acids is 1. The molecule has 0 radical (unpaired) electrons. The first-order valence-corrected chi connectivity index (χ1v) is 8.74. The van der Waals surface area contributed by atoms with Gasteiger partial charge >= 0.3 is 6.03 Å². The van der Waals surface area contributed by atoms with E-state index in [0.717, 1.165) is 22.6 Å². The van der Waals surface area contributed by atoms with E-state index < -0.39 is 0 Å². The number of nitrogens with zero attached hydrogens (tertiary/aromatic N) is 3. The summed E-state index contributed by atoms with van der Waals surface area (Å²) >= 11 is 0. The molecule has 1 aliphatic rings. The topological polar surface area (TPSA) is 59.4 Å². The number of para-hydroxylation sites is 1. The number of aromatic nitrogens is 2. The Bertz CT molecular complexity index is 731. The van der Waals surface area contributed by atoms with Gasteiger partial charge in [0.1, 0.15) is 0 Å². The number of nitrogens with one attached hydrogen (secondary N) is 1. The molecule has 6 nitrogen and oxygen atoms in total. The minimum absolute atomic E-state index is 0.0479. The van der Waals surface area contributed by atoms with E-state index in [1.165, 1.54) is 0 Å². The third-order valence-corrected chi connectivity index (χ3v) is 4.57. The molecule has 1 N–H and O–H groups in total. The molecule has 134 valence electrons. The molecule has 1 saturated heterocycles. The van der Waals surface area contributed by atoms with Gasteiger partial charge in [-0.3, -0.25) is 0 Å². The van der Waals surface area contributed by atoms with Gasteiger partial charge in [-0.25, -0.2) is 9.48 Å². The first-order chi connectivity index (χ1) is 12.0. The largest absolute Gasteiger partial charge is 0.372 e. The lowest BCUT2D eigenvalue weighted by Gasteiger charge is -2.35. The number of hydrogen-bond donors (Lipinski definition) is 1. The van der Waals surface area contributed by atoms with E-state index in [-0.39, 0.29) is 18.2 Å². The summed E-state index contributed by atoms with van der Waals surface area (Å²) in [5.74, 6) is 0. The quantitative estimate of drug-likeness (QED) is 0.933. The van der Waals surface area contributed by atoms with Crippen LogP contribution in [0.15, 0.2) is 30.3 Å². The molecule has 1 aromatic heterocycles. The fourth-order valence-electron chi connectivity index (χ4n) is 3.37. The zero-order chi connectivity index (χ0) is 18.0. The van der Waals surface area contributed by atoms with E-state index in [4.69, 9.17) is 4.74 Å². The van der Waals surface area contributed by atoms with E-state index >= 15 is 0 Å². The monoisotopic (exact) mass is 342 g/mol. The van der Waals surface area contributed by atoms with Crippen LogP contribution < -0.4 is 5.32 Å². The second-order valence-corrected chi connectivity index (χ2v) is 6.72. The van der Waals surface area contributed by atoms with E-state index in [1.807, 2.05) is 67.6 Å². The fourth-order valence-corrected chi connectivity index (χ4v) is 3.37. The minimum Gasteiger partial charge on any atom is -0.372 e. The van der Waals surface area contributed by atoms with Crippen molar-refractivity contribution in [1.82, 2.24) is 20.0 Å². The Balaban J connectivity index is 1.69. The maximum absolute atomic E-state index is 12.5. The Morgan fingerprint density at radius 1 is 1.20 bits per heavy atom. The molecule has 0 unspecified atom stereocenters. The van der Waals surface area contributed by atoms with Gasteiger partial charge in [0.25, 0.3) is 0 Å². The Morgan fingerprint density at radius 2 is 1.84 bits per heavy atom. The van der Waals surface area contributed by atoms with Crippen LogP contribution in [0.4, 0.5) is 4.79 Å². The first-order valence-electron chi connectivity index (χ1n) is 8.74. The summed E-state index contributed by atoms with van der Waals surface area (Å²) in [5, 5.41) is 7.66. The second-order valence-electron chi connectivity index (χ2n) is 6.72. The highest BCUT2D eigenvalue weighted by molar-refractivity contribution is 5.74. The molecule has 3 rings (SSSR count). The molecule has 2 atom stereocenters. The van der Waals surface area contributed by atoms with Gasteiger partial charge in [0, 0.05) is 30.9 Å². The predicted molar refractivity (Wildman–Crippen MR) is 96.9 cm³/mol. The highest BCUT2D eigenvalue weighted by Gasteiger charge is 2.26. The summed E-state index contributed by atoms with van der Waals surface area (Å²) < 4.78 is 7.61. The van der Waals surface area contributed by atoms with Gasteiger partial charge in [-0.05, 0) is 39.8 Å². The molecule has 0 spiro atoms. The minimum atomic E-state index is -0.0479. The van der Waals surface area contributed by atoms with Gasteiger partial charge in [-0.2, -0.15) is 5.10 Å². The number of hydrogen-bond acceptors (Lipinski definition) is 3. The SMILES string of the molecule is Cc1nn(-c2ccccc2)c(C)c1CNC(=O)N1C[C@@H](C)O[C@@H](C)C1. The van der Waals surface area contributed by atoms with Crippen molar-refractivity contribution in [2.45, 2.75) is 46.4 Å². The van der Waals surface area contributed by atoms with Crippen LogP contribution in [0, 0.1) is 13.8 Å². The van der Waals surface area contributed by atoms with Gasteiger partial charge in [-0.15, -0.1) is 0 Å². The Kier molecular flexibility index (Phi) is 5.08. The Labute approximate surface area is 148 Å². The van der Waals surface area contributed by atoms with Crippen LogP contribution >= 0.6 is 0 Å². The van der Waals surface area contributed by atoms with Crippen molar-refractivity contribution in [2.75, 3.05) is 13.1 Å². The number of ether oxygens (including phenoxy) is 1. The summed E-state index contributed by atoms with van der Waals surface area (Å²) in [6, 6.07) is 9.98. The zero-order valence-corrected chi connectivity index (χ0v) is 15.3. The van der Waals surface area contributed by atoms with Gasteiger partial charge in [0.05, 0.1) is 23.6 Å². The number of benzene rings is 1. The molecule has 2 amide bonds. The zero-order valence-electron chi connectivity index (χ0n) is 15.3. The van der Waals surface area contributed by atoms with Crippen molar-refractivity contribution in [3.63, 3.8) is 0 Å². The number of morpholine rings is 1. The normalized spacial score (nSPS) is 20.6. The number of amides is 2. The molecule has 0 bridgehead atoms. The molecular weight excluding hydrogens is 316 g/mol. The molecular formula is C19H26N4O2. The average Bonchev–Trinajstić information content (AvgIpc) is 2.87. The molecule has 1 aliphatic heterocycles. The smallest absolute Gasteiger partial charge is 0.317 e. The van der Waals surface area contributed by atoms with Crippen molar-refractivity contribution < 1.29 is 9.53 Å². The van der Waals surface area contributed by atoms with Crippen molar-refractivity contribution in [3.8, 4) is 5.69 Å². The summed E-state index contributed by atoms with van der Waals surface area (Å²) in [7, 11) is 0. The second kappa shape index (κ2) is 7.27. The van der Waals surface area contributed by atoms with Crippen LogP contribution in [0.3, 0.4) is 0 Å². The number of rotatable bonds is 3. The number of urea groups is 1. The van der Waals surface area contributed by atoms with Gasteiger partial charge in [-0.1, -0.05) is 18.2 Å². The molecule has 0 aliphatic carbocycles. The Hall–Kier alpha value is -2.34. The maximum Gasteiger partial charge on any atom is 0.317 e. The van der Waals surface area contributed by atoms with Crippen LogP contribution in [0.2, 0.25) is 0 Å². The standard InChI is InChI=1S/C19H26N4O2/c1-13-11-22(12-14(2)25-13)19(24)20-10-18-15(3)21-23(16(18)4)17-8-6-5-7-9-17/h5-9,13-14H,10-12H2,1-4H3,(H,20,24)/t13-,14+. The molecule has 6 heteroatoms. The van der Waals surface area contributed by atoms with Crippen LogP contribution in [-0.4, -0.2) is 46.0 Å². The number of carbonyl (C=O) groups is 1. The number of aryl methyl sites for hydroxylation is 1. The first kappa shape index (κ1) is 17.5. The van der Waals surface area contributed by atoms with Gasteiger partial charge < -0.3 is 15.0 Å². The maximum atomic E-state index is 12.5. The molecule has 25 heavy (non-hydrogen) atoms. The van der Waals surface area contributed by atoms with Crippen LogP contribution in [-0.2, 0) is 11.3 Å². The third kappa shape index (κ3) is 3.85. The van der Waals surface area contributed by atoms with Crippen LogP contribution in [0.25, 0.3) is 5.69 Å². The van der Waals surface area contributed by atoms with Crippen molar-refractivity contribution >= 4 is 6.03 Å². The molecule has 2 aromatic rings. The fraction of sp³-hybridized carbons (Fsp3) is 0.474. The van der Waals surface area contributed by atoms with Crippen molar-refractivity contribution in [3.05, 3.63) is 47.3 Å². The van der Waals surface area contributed by atoms with Crippen LogP contribution in [0.5, 0.6) is 0 Å². The highest BCUT2D eigenvalue weighted by Crippen LogP contribution is 2.18. The summed E-state index contributed by atoms with van der Waals surface area (Å²) in [6.07, 6.45) is 0.137.